The van der Waals surface area contributed by atoms with Crippen molar-refractivity contribution < 1.29 is 9.53 Å². The first-order valence-corrected chi connectivity index (χ1v) is 4.53. The van der Waals surface area contributed by atoms with Gasteiger partial charge in [-0.3, -0.25) is 4.79 Å². The molecule has 1 unspecified atom stereocenters. The lowest BCUT2D eigenvalue weighted by atomic mass is 10.0. The summed E-state index contributed by atoms with van der Waals surface area (Å²) in [6.07, 6.45) is 0.896. The number of carbonyl (C=O) groups is 1. The van der Waals surface area contributed by atoms with Crippen LogP contribution in [-0.4, -0.2) is 35.6 Å². The van der Waals surface area contributed by atoms with E-state index in [1.807, 2.05) is 13.8 Å². The number of nitrogens with zero attached hydrogens (tertiary/aromatic N) is 1. The van der Waals surface area contributed by atoms with E-state index in [4.69, 9.17) is 16.3 Å². The van der Waals surface area contributed by atoms with E-state index in [9.17, 15) is 4.79 Å². The molecule has 0 N–H and O–H groups in total. The predicted molar refractivity (Wildman–Crippen MR) is 47.5 cm³/mol. The molecule has 1 amide bonds. The molecule has 1 rings (SSSR count). The van der Waals surface area contributed by atoms with Gasteiger partial charge in [0.15, 0.2) is 0 Å². The number of halogens is 1. The van der Waals surface area contributed by atoms with Gasteiger partial charge in [-0.2, -0.15) is 0 Å². The van der Waals surface area contributed by atoms with E-state index in [0.29, 0.717) is 19.7 Å². The largest absolute Gasteiger partial charge is 0.372 e. The lowest BCUT2D eigenvalue weighted by Gasteiger charge is -2.38. The van der Waals surface area contributed by atoms with Crippen molar-refractivity contribution in [1.29, 1.82) is 0 Å². The van der Waals surface area contributed by atoms with E-state index in [1.54, 1.807) is 4.90 Å². The molecule has 0 spiro atoms. The Bertz CT molecular complexity index is 186. The van der Waals surface area contributed by atoms with Gasteiger partial charge in [-0.05, 0) is 24.9 Å². The van der Waals surface area contributed by atoms with E-state index < -0.39 is 0 Å². The van der Waals surface area contributed by atoms with Crippen LogP contribution >= 0.6 is 11.6 Å². The molecule has 0 saturated carbocycles. The quantitative estimate of drug-likeness (QED) is 0.468. The molecule has 1 fully saturated rings. The van der Waals surface area contributed by atoms with Crippen molar-refractivity contribution in [2.45, 2.75) is 25.9 Å². The number of amides is 1. The van der Waals surface area contributed by atoms with Crippen LogP contribution < -0.4 is 0 Å². The van der Waals surface area contributed by atoms with Crippen LogP contribution in [0.15, 0.2) is 0 Å². The Hall–Kier alpha value is -0.280. The molecule has 4 heteroatoms. The van der Waals surface area contributed by atoms with Crippen molar-refractivity contribution in [1.82, 2.24) is 4.90 Å². The maximum atomic E-state index is 10.8. The summed E-state index contributed by atoms with van der Waals surface area (Å²) in [4.78, 5) is 12.5. The van der Waals surface area contributed by atoms with Gasteiger partial charge in [-0.15, -0.1) is 0 Å². The third kappa shape index (κ3) is 2.11. The highest BCUT2D eigenvalue weighted by atomic mass is 35.5. The molecule has 0 bridgehead atoms. The molecular formula is C8H14ClNO2. The number of carbonyl (C=O) groups excluding carboxylic acids is 1. The summed E-state index contributed by atoms with van der Waals surface area (Å²) in [5.41, 5.74) is -0.206. The van der Waals surface area contributed by atoms with Crippen LogP contribution in [0.4, 0.5) is 4.79 Å². The third-order valence-electron chi connectivity index (χ3n) is 2.33. The number of rotatable bonds is 1. The van der Waals surface area contributed by atoms with Gasteiger partial charge in [0, 0.05) is 6.54 Å². The lowest BCUT2D eigenvalue weighted by Crippen LogP contribution is -2.50. The average Bonchev–Trinajstić information content (AvgIpc) is 2.05. The summed E-state index contributed by atoms with van der Waals surface area (Å²) in [7, 11) is 0. The zero-order valence-electron chi connectivity index (χ0n) is 7.47. The van der Waals surface area contributed by atoms with Gasteiger partial charge in [-0.25, -0.2) is 0 Å². The average molecular weight is 192 g/mol. The summed E-state index contributed by atoms with van der Waals surface area (Å²) in [6, 6.07) is 0. The fourth-order valence-corrected chi connectivity index (χ4v) is 1.44. The van der Waals surface area contributed by atoms with Crippen LogP contribution in [0.1, 0.15) is 20.3 Å². The Morgan fingerprint density at radius 1 is 1.75 bits per heavy atom. The van der Waals surface area contributed by atoms with Gasteiger partial charge < -0.3 is 9.64 Å². The lowest BCUT2D eigenvalue weighted by molar-refractivity contribution is -0.0850. The Kier molecular flexibility index (Phi) is 2.96. The molecule has 1 heterocycles. The van der Waals surface area contributed by atoms with Gasteiger partial charge in [0.1, 0.15) is 0 Å². The SMILES string of the molecule is CCC1(C)CN(C(=O)Cl)CCO1. The van der Waals surface area contributed by atoms with Crippen LogP contribution in [0, 0.1) is 0 Å². The number of hydrogen-bond acceptors (Lipinski definition) is 2. The maximum absolute atomic E-state index is 10.8. The molecule has 1 aliphatic rings. The monoisotopic (exact) mass is 191 g/mol. The summed E-state index contributed by atoms with van der Waals surface area (Å²) in [5, 5.41) is -0.377. The number of hydrogen-bond donors (Lipinski definition) is 0. The summed E-state index contributed by atoms with van der Waals surface area (Å²) < 4.78 is 5.54. The van der Waals surface area contributed by atoms with E-state index in [0.717, 1.165) is 6.42 Å². The molecular weight excluding hydrogens is 178 g/mol. The Morgan fingerprint density at radius 3 is 2.92 bits per heavy atom. The minimum atomic E-state index is -0.377. The topological polar surface area (TPSA) is 29.5 Å². The van der Waals surface area contributed by atoms with E-state index >= 15 is 0 Å². The fourth-order valence-electron chi connectivity index (χ4n) is 1.29. The molecule has 12 heavy (non-hydrogen) atoms. The van der Waals surface area contributed by atoms with Crippen LogP contribution in [0.2, 0.25) is 0 Å². The highest BCUT2D eigenvalue weighted by Crippen LogP contribution is 2.21. The zero-order chi connectivity index (χ0) is 9.19. The molecule has 0 aliphatic carbocycles. The predicted octanol–water partition coefficient (Wildman–Crippen LogP) is 1.85. The number of ether oxygens (including phenoxy) is 1. The van der Waals surface area contributed by atoms with Crippen molar-refractivity contribution in [2.24, 2.45) is 0 Å². The van der Waals surface area contributed by atoms with Crippen molar-refractivity contribution in [3.63, 3.8) is 0 Å². The van der Waals surface area contributed by atoms with Gasteiger partial charge in [0.25, 0.3) is 0 Å². The second-order valence-corrected chi connectivity index (χ2v) is 3.65. The van der Waals surface area contributed by atoms with Crippen LogP contribution in [-0.2, 0) is 4.74 Å². The molecule has 3 nitrogen and oxygen atoms in total. The van der Waals surface area contributed by atoms with Crippen molar-refractivity contribution in [3.05, 3.63) is 0 Å². The first kappa shape index (κ1) is 9.81. The first-order valence-electron chi connectivity index (χ1n) is 4.16. The highest BCUT2D eigenvalue weighted by Gasteiger charge is 2.31. The molecule has 0 aromatic rings. The molecule has 0 aromatic heterocycles. The fraction of sp³-hybridized carbons (Fsp3) is 0.875. The van der Waals surface area contributed by atoms with E-state index in [-0.39, 0.29) is 11.0 Å². The van der Waals surface area contributed by atoms with E-state index in [2.05, 4.69) is 0 Å². The van der Waals surface area contributed by atoms with Crippen molar-refractivity contribution in [3.8, 4) is 0 Å². The standard InChI is InChI=1S/C8H14ClNO2/c1-3-8(2)6-10(7(9)11)4-5-12-8/h3-6H2,1-2H3. The molecule has 1 saturated heterocycles. The van der Waals surface area contributed by atoms with Crippen molar-refractivity contribution in [2.75, 3.05) is 19.7 Å². The third-order valence-corrected chi connectivity index (χ3v) is 2.57. The first-order chi connectivity index (χ1) is 5.57. The van der Waals surface area contributed by atoms with Crippen molar-refractivity contribution >= 4 is 17.0 Å². The smallest absolute Gasteiger partial charge is 0.316 e. The Balaban J connectivity index is 2.57. The Labute approximate surface area is 77.6 Å². The molecule has 70 valence electrons. The summed E-state index contributed by atoms with van der Waals surface area (Å²) in [5.74, 6) is 0. The molecule has 1 aliphatic heterocycles. The zero-order valence-corrected chi connectivity index (χ0v) is 8.23. The second-order valence-electron chi connectivity index (χ2n) is 3.33. The molecule has 0 aromatic carbocycles. The van der Waals surface area contributed by atoms with E-state index in [1.165, 1.54) is 0 Å². The Morgan fingerprint density at radius 2 is 2.42 bits per heavy atom. The minimum Gasteiger partial charge on any atom is -0.372 e. The summed E-state index contributed by atoms with van der Waals surface area (Å²) >= 11 is 5.37. The molecule has 1 atom stereocenters. The van der Waals surface area contributed by atoms with Crippen LogP contribution in [0.3, 0.4) is 0 Å². The number of morpholine rings is 1. The minimum absolute atomic E-state index is 0.206. The van der Waals surface area contributed by atoms with Gasteiger partial charge >= 0.3 is 5.37 Å². The van der Waals surface area contributed by atoms with Gasteiger partial charge in [0.05, 0.1) is 18.8 Å². The van der Waals surface area contributed by atoms with Gasteiger partial charge in [-0.1, -0.05) is 6.92 Å². The maximum Gasteiger partial charge on any atom is 0.316 e. The highest BCUT2D eigenvalue weighted by molar-refractivity contribution is 6.62. The van der Waals surface area contributed by atoms with Crippen LogP contribution in [0.25, 0.3) is 0 Å². The molecule has 0 radical (unpaired) electrons. The van der Waals surface area contributed by atoms with Crippen LogP contribution in [0.5, 0.6) is 0 Å². The normalized spacial score (nSPS) is 30.4. The van der Waals surface area contributed by atoms with Gasteiger partial charge in [0.2, 0.25) is 0 Å². The second kappa shape index (κ2) is 3.62. The summed E-state index contributed by atoms with van der Waals surface area (Å²) in [6.45, 7) is 5.84.